The van der Waals surface area contributed by atoms with E-state index in [0.29, 0.717) is 12.0 Å². The topological polar surface area (TPSA) is 47.8 Å². The van der Waals surface area contributed by atoms with Gasteiger partial charge in [0.1, 0.15) is 5.52 Å². The van der Waals surface area contributed by atoms with Crippen LogP contribution < -0.4 is 0 Å². The van der Waals surface area contributed by atoms with Crippen LogP contribution in [0.1, 0.15) is 38.4 Å². The first-order chi connectivity index (χ1) is 9.63. The molecule has 1 aliphatic heterocycles. The molecule has 1 atom stereocenters. The first-order valence-electron chi connectivity index (χ1n) is 7.38. The zero-order valence-corrected chi connectivity index (χ0v) is 13.2. The Kier molecular flexibility index (Phi) is 3.69. The van der Waals surface area contributed by atoms with E-state index in [1.807, 2.05) is 11.6 Å². The van der Waals surface area contributed by atoms with Gasteiger partial charge in [0, 0.05) is 25.8 Å². The first kappa shape index (κ1) is 13.8. The number of hydrogen-bond acceptors (Lipinski definition) is 3. The normalized spacial score (nSPS) is 18.8. The van der Waals surface area contributed by atoms with E-state index in [9.17, 15) is 0 Å². The van der Waals surface area contributed by atoms with Crippen molar-refractivity contribution >= 4 is 23.4 Å². The van der Waals surface area contributed by atoms with E-state index in [2.05, 4.69) is 28.5 Å². The van der Waals surface area contributed by atoms with Gasteiger partial charge in [0.25, 0.3) is 0 Å². The van der Waals surface area contributed by atoms with Crippen LogP contribution in [0.15, 0.2) is 0 Å². The second-order valence-corrected chi connectivity index (χ2v) is 5.98. The number of aromatic nitrogens is 4. The Balaban J connectivity index is 2.09. The fourth-order valence-corrected chi connectivity index (χ4v) is 3.59. The third-order valence-electron chi connectivity index (χ3n) is 4.43. The minimum Gasteiger partial charge on any atom is -0.381 e. The Bertz CT molecular complexity index is 663. The average Bonchev–Trinajstić information content (AvgIpc) is 2.96. The number of hydrogen-bond donors (Lipinski definition) is 1. The number of nitrogens with zero attached hydrogens (tertiary/aromatic N) is 3. The second-order valence-electron chi connectivity index (χ2n) is 5.59. The molecule has 1 N–H and O–H groups in total. The highest BCUT2D eigenvalue weighted by Gasteiger charge is 2.25. The molecule has 3 rings (SSSR count). The lowest BCUT2D eigenvalue weighted by Crippen LogP contribution is -2.24. The minimum atomic E-state index is 0.376. The Hall–Kier alpha value is -1.14. The Morgan fingerprint density at radius 3 is 2.80 bits per heavy atom. The van der Waals surface area contributed by atoms with Crippen molar-refractivity contribution in [3.63, 3.8) is 0 Å². The lowest BCUT2D eigenvalue weighted by molar-refractivity contribution is 0.0515. The third kappa shape index (κ3) is 2.11. The molecule has 1 aliphatic rings. The largest absolute Gasteiger partial charge is 0.381 e. The van der Waals surface area contributed by atoms with Gasteiger partial charge in [-0.25, -0.2) is 4.68 Å². The van der Waals surface area contributed by atoms with Gasteiger partial charge in [0.05, 0.1) is 5.69 Å². The van der Waals surface area contributed by atoms with Crippen LogP contribution >= 0.6 is 12.2 Å². The molecule has 1 saturated heterocycles. The Labute approximate surface area is 123 Å². The van der Waals surface area contributed by atoms with Gasteiger partial charge < -0.3 is 9.72 Å². The summed E-state index contributed by atoms with van der Waals surface area (Å²) in [5, 5.41) is 4.59. The molecule has 0 bridgehead atoms. The lowest BCUT2D eigenvalue weighted by atomic mass is 9.93. The van der Waals surface area contributed by atoms with Gasteiger partial charge in [0.15, 0.2) is 10.4 Å². The summed E-state index contributed by atoms with van der Waals surface area (Å²) in [5.74, 6) is 0.620. The highest BCUT2D eigenvalue weighted by atomic mass is 32.1. The Morgan fingerprint density at radius 2 is 2.15 bits per heavy atom. The van der Waals surface area contributed by atoms with Gasteiger partial charge in [0.2, 0.25) is 0 Å². The van der Waals surface area contributed by atoms with Crippen molar-refractivity contribution in [3.05, 3.63) is 10.5 Å². The molecule has 20 heavy (non-hydrogen) atoms. The summed E-state index contributed by atoms with van der Waals surface area (Å²) in [6, 6.07) is 0.376. The van der Waals surface area contributed by atoms with Crippen LogP contribution in [0.4, 0.5) is 0 Å². The SMILES string of the molecule is CCn1nc(C)c2[nH]c(=S)n(C(C)C3CCOCC3)c21. The number of ether oxygens (including phenoxy) is 1. The molecular weight excluding hydrogens is 272 g/mol. The summed E-state index contributed by atoms with van der Waals surface area (Å²) in [6.07, 6.45) is 2.21. The van der Waals surface area contributed by atoms with E-state index in [4.69, 9.17) is 17.0 Å². The predicted molar refractivity (Wildman–Crippen MR) is 81.6 cm³/mol. The number of nitrogens with one attached hydrogen (secondary N) is 1. The van der Waals surface area contributed by atoms with Crippen molar-refractivity contribution in [1.29, 1.82) is 0 Å². The molecule has 1 fully saturated rings. The highest BCUT2D eigenvalue weighted by Crippen LogP contribution is 2.31. The molecule has 110 valence electrons. The number of aryl methyl sites for hydroxylation is 2. The molecule has 0 amide bonds. The molecule has 0 saturated carbocycles. The molecular formula is C14H22N4OS. The van der Waals surface area contributed by atoms with Crippen LogP contribution in [-0.2, 0) is 11.3 Å². The Morgan fingerprint density at radius 1 is 1.45 bits per heavy atom. The molecule has 0 radical (unpaired) electrons. The van der Waals surface area contributed by atoms with E-state index in [-0.39, 0.29) is 0 Å². The van der Waals surface area contributed by atoms with Gasteiger partial charge >= 0.3 is 0 Å². The lowest BCUT2D eigenvalue weighted by Gasteiger charge is -2.29. The van der Waals surface area contributed by atoms with E-state index in [1.54, 1.807) is 0 Å². The third-order valence-corrected chi connectivity index (χ3v) is 4.73. The van der Waals surface area contributed by atoms with E-state index in [1.165, 1.54) is 0 Å². The van der Waals surface area contributed by atoms with E-state index < -0.39 is 0 Å². The van der Waals surface area contributed by atoms with Gasteiger partial charge in [-0.15, -0.1) is 0 Å². The summed E-state index contributed by atoms with van der Waals surface area (Å²) < 4.78 is 10.6. The molecule has 6 heteroatoms. The van der Waals surface area contributed by atoms with Crippen molar-refractivity contribution in [2.75, 3.05) is 13.2 Å². The number of fused-ring (bicyclic) bond motifs is 1. The molecule has 5 nitrogen and oxygen atoms in total. The predicted octanol–water partition coefficient (Wildman–Crippen LogP) is 3.21. The van der Waals surface area contributed by atoms with Gasteiger partial charge in [-0.1, -0.05) is 0 Å². The fraction of sp³-hybridized carbons (Fsp3) is 0.714. The number of H-pyrrole nitrogens is 1. The summed E-state index contributed by atoms with van der Waals surface area (Å²) in [5.41, 5.74) is 3.23. The number of imidazole rings is 1. The molecule has 2 aromatic rings. The molecule has 0 aliphatic carbocycles. The summed E-state index contributed by atoms with van der Waals surface area (Å²) in [7, 11) is 0. The van der Waals surface area contributed by atoms with Gasteiger partial charge in [-0.3, -0.25) is 4.57 Å². The highest BCUT2D eigenvalue weighted by molar-refractivity contribution is 7.71. The van der Waals surface area contributed by atoms with E-state index in [0.717, 1.165) is 54.2 Å². The molecule has 1 unspecified atom stereocenters. The van der Waals surface area contributed by atoms with E-state index >= 15 is 0 Å². The van der Waals surface area contributed by atoms with Crippen molar-refractivity contribution in [3.8, 4) is 0 Å². The maximum atomic E-state index is 5.55. The maximum Gasteiger partial charge on any atom is 0.179 e. The number of rotatable bonds is 3. The quantitative estimate of drug-likeness (QED) is 0.884. The molecule has 3 heterocycles. The van der Waals surface area contributed by atoms with Gasteiger partial charge in [-0.05, 0) is 51.7 Å². The average molecular weight is 294 g/mol. The van der Waals surface area contributed by atoms with Crippen LogP contribution in [0.2, 0.25) is 0 Å². The monoisotopic (exact) mass is 294 g/mol. The summed E-state index contributed by atoms with van der Waals surface area (Å²) in [4.78, 5) is 3.33. The molecule has 0 spiro atoms. The van der Waals surface area contributed by atoms with Crippen molar-refractivity contribution in [1.82, 2.24) is 19.3 Å². The van der Waals surface area contributed by atoms with Crippen LogP contribution in [0.25, 0.3) is 11.2 Å². The summed E-state index contributed by atoms with van der Waals surface area (Å²) >= 11 is 5.55. The van der Waals surface area contributed by atoms with Crippen LogP contribution in [0.3, 0.4) is 0 Å². The van der Waals surface area contributed by atoms with Crippen LogP contribution in [-0.4, -0.2) is 32.5 Å². The molecule has 2 aromatic heterocycles. The zero-order valence-electron chi connectivity index (χ0n) is 12.3. The van der Waals surface area contributed by atoms with Crippen LogP contribution in [0.5, 0.6) is 0 Å². The number of aromatic amines is 1. The maximum absolute atomic E-state index is 5.55. The fourth-order valence-electron chi connectivity index (χ4n) is 3.23. The summed E-state index contributed by atoms with van der Waals surface area (Å²) in [6.45, 7) is 9.00. The molecule has 0 aromatic carbocycles. The van der Waals surface area contributed by atoms with Crippen molar-refractivity contribution < 1.29 is 4.74 Å². The van der Waals surface area contributed by atoms with Crippen molar-refractivity contribution in [2.45, 2.75) is 46.2 Å². The standard InChI is InChI=1S/C14H22N4OS/c1-4-17-13-12(9(2)16-17)15-14(20)18(13)10(3)11-5-7-19-8-6-11/h10-11H,4-8H2,1-3H3,(H,15,20). The smallest absolute Gasteiger partial charge is 0.179 e. The van der Waals surface area contributed by atoms with Crippen LogP contribution in [0, 0.1) is 17.6 Å². The second kappa shape index (κ2) is 5.33. The zero-order chi connectivity index (χ0) is 14.3. The minimum absolute atomic E-state index is 0.376. The van der Waals surface area contributed by atoms with Gasteiger partial charge in [-0.2, -0.15) is 5.10 Å². The van der Waals surface area contributed by atoms with Crippen molar-refractivity contribution in [2.24, 2.45) is 5.92 Å². The first-order valence-corrected chi connectivity index (χ1v) is 7.79.